The summed E-state index contributed by atoms with van der Waals surface area (Å²) >= 11 is 0. The van der Waals surface area contributed by atoms with Crippen molar-refractivity contribution >= 4 is 17.5 Å². The maximum atomic E-state index is 11.4. The molecule has 0 rings (SSSR count). The quantitative estimate of drug-likeness (QED) is 0.371. The van der Waals surface area contributed by atoms with Gasteiger partial charge in [-0.2, -0.15) is 16.8 Å². The Morgan fingerprint density at radius 2 is 1.08 bits per heavy atom. The standard InChI is InChI=1S/C4H8F4O3P2/c5-12(6)10-3-1-9-2-4-11-13(7)8/h1-4H2. The van der Waals surface area contributed by atoms with E-state index in [9.17, 15) is 16.8 Å². The van der Waals surface area contributed by atoms with E-state index in [4.69, 9.17) is 0 Å². The summed E-state index contributed by atoms with van der Waals surface area (Å²) in [6.07, 6.45) is 0. The summed E-state index contributed by atoms with van der Waals surface area (Å²) in [5.74, 6) is 0. The third-order valence-corrected chi connectivity index (χ3v) is 1.59. The average Bonchev–Trinajstić information content (AvgIpc) is 2.01. The summed E-state index contributed by atoms with van der Waals surface area (Å²) in [7, 11) is -6.73. The van der Waals surface area contributed by atoms with Gasteiger partial charge in [0.15, 0.2) is 0 Å². The molecule has 0 aliphatic heterocycles. The van der Waals surface area contributed by atoms with E-state index in [1.165, 1.54) is 0 Å². The Hall–Kier alpha value is 0.460. The molecule has 0 spiro atoms. The Morgan fingerprint density at radius 3 is 1.38 bits per heavy atom. The van der Waals surface area contributed by atoms with Gasteiger partial charge in [-0.05, 0) is 0 Å². The van der Waals surface area contributed by atoms with Gasteiger partial charge in [0.25, 0.3) is 0 Å². The van der Waals surface area contributed by atoms with E-state index in [0.717, 1.165) is 0 Å². The second-order valence-electron chi connectivity index (χ2n) is 1.68. The molecule has 0 aromatic rings. The Bertz CT molecular complexity index is 106. The van der Waals surface area contributed by atoms with Crippen molar-refractivity contribution in [2.45, 2.75) is 0 Å². The monoisotopic (exact) mass is 242 g/mol. The summed E-state index contributed by atoms with van der Waals surface area (Å²) < 4.78 is 57.9. The van der Waals surface area contributed by atoms with Crippen molar-refractivity contribution < 1.29 is 30.6 Å². The van der Waals surface area contributed by atoms with Gasteiger partial charge in [0.2, 0.25) is 0 Å². The Labute approximate surface area is 75.5 Å². The first-order valence-electron chi connectivity index (χ1n) is 3.20. The molecular formula is C4H8F4O3P2. The fourth-order valence-electron chi connectivity index (χ4n) is 0.432. The number of hydrogen-bond acceptors (Lipinski definition) is 3. The molecule has 0 saturated carbocycles. The molecule has 0 aromatic heterocycles. The third-order valence-electron chi connectivity index (χ3n) is 0.833. The van der Waals surface area contributed by atoms with Crippen LogP contribution in [0.5, 0.6) is 0 Å². The summed E-state index contributed by atoms with van der Waals surface area (Å²) in [5, 5.41) is 0. The van der Waals surface area contributed by atoms with E-state index < -0.39 is 17.5 Å². The van der Waals surface area contributed by atoms with Crippen molar-refractivity contribution in [3.8, 4) is 0 Å². The van der Waals surface area contributed by atoms with E-state index >= 15 is 0 Å². The minimum atomic E-state index is -3.36. The number of halogens is 4. The highest BCUT2D eigenvalue weighted by atomic mass is 31.2. The van der Waals surface area contributed by atoms with Crippen molar-refractivity contribution in [1.82, 2.24) is 0 Å². The minimum Gasteiger partial charge on any atom is -0.377 e. The summed E-state index contributed by atoms with van der Waals surface area (Å²) in [6.45, 7) is -0.573. The van der Waals surface area contributed by atoms with Crippen LogP contribution in [0.15, 0.2) is 0 Å². The van der Waals surface area contributed by atoms with Gasteiger partial charge in [-0.3, -0.25) is 0 Å². The highest BCUT2D eigenvalue weighted by Gasteiger charge is 2.05. The molecule has 0 N–H and O–H groups in total. The normalized spacial score (nSPS) is 11.5. The number of rotatable bonds is 8. The molecule has 0 aliphatic carbocycles. The fraction of sp³-hybridized carbons (Fsp3) is 1.00. The maximum Gasteiger partial charge on any atom is 0.415 e. The van der Waals surface area contributed by atoms with Gasteiger partial charge in [-0.1, -0.05) is 0 Å². The average molecular weight is 242 g/mol. The zero-order valence-electron chi connectivity index (χ0n) is 6.46. The van der Waals surface area contributed by atoms with E-state index in [-0.39, 0.29) is 26.4 Å². The molecule has 0 bridgehead atoms. The van der Waals surface area contributed by atoms with Crippen molar-refractivity contribution in [3.05, 3.63) is 0 Å². The second-order valence-corrected chi connectivity index (χ2v) is 3.01. The Balaban J connectivity index is 2.92. The van der Waals surface area contributed by atoms with Gasteiger partial charge in [0.1, 0.15) is 0 Å². The van der Waals surface area contributed by atoms with Gasteiger partial charge in [-0.25, -0.2) is 0 Å². The fourth-order valence-corrected chi connectivity index (χ4v) is 0.858. The molecule has 0 atom stereocenters. The topological polar surface area (TPSA) is 27.7 Å². The Morgan fingerprint density at radius 1 is 0.692 bits per heavy atom. The molecule has 0 saturated heterocycles. The first-order valence-corrected chi connectivity index (χ1v) is 5.28. The SMILES string of the molecule is FP(F)OCCOCCOP(F)F. The third kappa shape index (κ3) is 12.5. The van der Waals surface area contributed by atoms with E-state index in [1.807, 2.05) is 0 Å². The maximum absolute atomic E-state index is 11.4. The van der Waals surface area contributed by atoms with Crippen LogP contribution in [0.1, 0.15) is 0 Å². The van der Waals surface area contributed by atoms with Crippen LogP contribution in [0.3, 0.4) is 0 Å². The van der Waals surface area contributed by atoms with Gasteiger partial charge in [0.05, 0.1) is 26.4 Å². The lowest BCUT2D eigenvalue weighted by molar-refractivity contribution is 0.0762. The molecule has 0 aliphatic rings. The first-order chi connectivity index (χ1) is 6.13. The van der Waals surface area contributed by atoms with E-state index in [1.54, 1.807) is 0 Å². The van der Waals surface area contributed by atoms with Crippen LogP contribution < -0.4 is 0 Å². The molecule has 3 nitrogen and oxygen atoms in total. The molecule has 0 amide bonds. The van der Waals surface area contributed by atoms with Crippen LogP contribution in [0.4, 0.5) is 16.8 Å². The minimum absolute atomic E-state index is 0.0491. The molecule has 13 heavy (non-hydrogen) atoms. The van der Waals surface area contributed by atoms with Crippen molar-refractivity contribution in [3.63, 3.8) is 0 Å². The lowest BCUT2D eigenvalue weighted by Gasteiger charge is -2.03. The smallest absolute Gasteiger partial charge is 0.377 e. The van der Waals surface area contributed by atoms with Gasteiger partial charge >= 0.3 is 17.5 Å². The lowest BCUT2D eigenvalue weighted by atomic mass is 10.7. The number of hydrogen-bond donors (Lipinski definition) is 0. The molecular weight excluding hydrogens is 234 g/mol. The zero-order valence-corrected chi connectivity index (χ0v) is 8.25. The summed E-state index contributed by atoms with van der Waals surface area (Å²) in [6, 6.07) is 0. The van der Waals surface area contributed by atoms with Crippen molar-refractivity contribution in [2.24, 2.45) is 0 Å². The predicted molar refractivity (Wildman–Crippen MR) is 41.0 cm³/mol. The molecule has 9 heteroatoms. The van der Waals surface area contributed by atoms with Crippen molar-refractivity contribution in [2.75, 3.05) is 26.4 Å². The van der Waals surface area contributed by atoms with Gasteiger partial charge in [-0.15, -0.1) is 0 Å². The largest absolute Gasteiger partial charge is 0.415 e. The molecule has 80 valence electrons. The van der Waals surface area contributed by atoms with Gasteiger partial charge < -0.3 is 13.8 Å². The molecule has 0 heterocycles. The van der Waals surface area contributed by atoms with Crippen LogP contribution in [0, 0.1) is 0 Å². The van der Waals surface area contributed by atoms with Crippen LogP contribution in [-0.4, -0.2) is 26.4 Å². The van der Waals surface area contributed by atoms with Crippen LogP contribution in [0.2, 0.25) is 0 Å². The first kappa shape index (κ1) is 13.5. The van der Waals surface area contributed by atoms with E-state index in [0.29, 0.717) is 0 Å². The highest BCUT2D eigenvalue weighted by Crippen LogP contribution is 2.39. The summed E-state index contributed by atoms with van der Waals surface area (Å²) in [5.41, 5.74) is 0. The van der Waals surface area contributed by atoms with Crippen LogP contribution in [0.25, 0.3) is 0 Å². The Kier molecular flexibility index (Phi) is 9.35. The molecule has 0 radical (unpaired) electrons. The molecule has 0 fully saturated rings. The second kappa shape index (κ2) is 9.03. The molecule has 0 aromatic carbocycles. The highest BCUT2D eigenvalue weighted by molar-refractivity contribution is 7.40. The van der Waals surface area contributed by atoms with E-state index in [2.05, 4.69) is 13.8 Å². The molecule has 0 unspecified atom stereocenters. The van der Waals surface area contributed by atoms with Crippen molar-refractivity contribution in [1.29, 1.82) is 0 Å². The number of ether oxygens (including phenoxy) is 1. The van der Waals surface area contributed by atoms with Crippen LogP contribution in [-0.2, 0) is 13.8 Å². The van der Waals surface area contributed by atoms with Gasteiger partial charge in [0, 0.05) is 0 Å². The predicted octanol–water partition coefficient (Wildman–Crippen LogP) is 3.37. The zero-order chi connectivity index (χ0) is 10.1. The lowest BCUT2D eigenvalue weighted by Crippen LogP contribution is -2.05. The van der Waals surface area contributed by atoms with Crippen LogP contribution >= 0.6 is 17.5 Å². The summed E-state index contributed by atoms with van der Waals surface area (Å²) in [4.78, 5) is 0.